The maximum atomic E-state index is 13.4. The van der Waals surface area contributed by atoms with Crippen LogP contribution < -0.4 is 44.7 Å². The van der Waals surface area contributed by atoms with Crippen molar-refractivity contribution in [2.24, 2.45) is 10.2 Å². The van der Waals surface area contributed by atoms with Crippen LogP contribution in [-0.4, -0.2) is 26.0 Å². The summed E-state index contributed by atoms with van der Waals surface area (Å²) in [5, 5.41) is 25.2. The van der Waals surface area contributed by atoms with Crippen molar-refractivity contribution < 1.29 is 57.2 Å². The van der Waals surface area contributed by atoms with Crippen molar-refractivity contribution in [1.29, 1.82) is 0 Å². The molecule has 0 unspecified atom stereocenters. The number of halogens is 2. The summed E-state index contributed by atoms with van der Waals surface area (Å²) in [7, 11) is -3.17. The zero-order chi connectivity index (χ0) is 26.9. The molecule has 0 heterocycles. The number of fused-ring (bicyclic) bond motifs is 1. The normalized spacial score (nSPS) is 11.4. The number of nitrogens with one attached hydrogen (secondary N) is 1. The van der Waals surface area contributed by atoms with Gasteiger partial charge in [-0.3, -0.25) is 9.35 Å². The van der Waals surface area contributed by atoms with Crippen LogP contribution in [-0.2, 0) is 10.1 Å². The topological polar surface area (TPSA) is 140 Å². The molecule has 0 saturated carbocycles. The molecule has 0 radical (unpaired) electrons. The number of nitrogens with zero attached hydrogens (tertiary/aromatic N) is 2. The van der Waals surface area contributed by atoms with Crippen LogP contribution in [0, 0.1) is 6.92 Å². The third-order valence-electron chi connectivity index (χ3n) is 5.37. The van der Waals surface area contributed by atoms with E-state index in [2.05, 4.69) is 15.5 Å². The van der Waals surface area contributed by atoms with Gasteiger partial charge in [0.05, 0.1) is 23.5 Å². The van der Waals surface area contributed by atoms with Crippen LogP contribution in [0.2, 0.25) is 10.0 Å². The van der Waals surface area contributed by atoms with Gasteiger partial charge in [-0.15, -0.1) is 0 Å². The summed E-state index contributed by atoms with van der Waals surface area (Å²) in [6, 6.07) is 15.2. The quantitative estimate of drug-likeness (QED) is 0.203. The fraction of sp³-hybridized carbons (Fsp3) is 0.0800. The van der Waals surface area contributed by atoms with Crippen molar-refractivity contribution in [3.63, 3.8) is 0 Å². The first kappa shape index (κ1) is 29.9. The molecular weight excluding hydrogens is 564 g/mol. The minimum Gasteiger partial charge on any atom is -0.870 e. The van der Waals surface area contributed by atoms with E-state index in [1.54, 1.807) is 43.3 Å². The molecule has 13 heteroatoms. The molecule has 2 N–H and O–H groups in total. The molecule has 0 aliphatic carbocycles. The van der Waals surface area contributed by atoms with Gasteiger partial charge in [0, 0.05) is 27.7 Å². The van der Waals surface area contributed by atoms with Gasteiger partial charge >= 0.3 is 29.6 Å². The van der Waals surface area contributed by atoms with Crippen LogP contribution in [0.3, 0.4) is 0 Å². The molecule has 4 rings (SSSR count). The average Bonchev–Trinajstić information content (AvgIpc) is 2.82. The summed E-state index contributed by atoms with van der Waals surface area (Å²) in [5.74, 6) is -0.982. The maximum absolute atomic E-state index is 13.4. The number of benzene rings is 4. The molecule has 0 atom stereocenters. The summed E-state index contributed by atoms with van der Waals surface area (Å²) < 4.78 is 37.9. The second kappa shape index (κ2) is 12.0. The van der Waals surface area contributed by atoms with Gasteiger partial charge in [-0.05, 0) is 48.2 Å². The number of carbonyl (C=O) groups is 1. The fourth-order valence-electron chi connectivity index (χ4n) is 3.58. The fourth-order valence-corrected chi connectivity index (χ4v) is 4.88. The van der Waals surface area contributed by atoms with E-state index in [1.165, 1.54) is 25.3 Å². The number of aryl methyl sites for hydroxylation is 1. The number of hydrogen-bond acceptors (Lipinski definition) is 7. The van der Waals surface area contributed by atoms with E-state index in [0.29, 0.717) is 32.8 Å². The van der Waals surface area contributed by atoms with Crippen LogP contribution in [0.4, 0.5) is 17.1 Å². The molecule has 0 bridgehead atoms. The van der Waals surface area contributed by atoms with Gasteiger partial charge in [0.25, 0.3) is 16.0 Å². The van der Waals surface area contributed by atoms with Crippen molar-refractivity contribution in [2.45, 2.75) is 11.8 Å². The molecule has 0 aromatic heterocycles. The number of amides is 1. The van der Waals surface area contributed by atoms with E-state index in [9.17, 15) is 22.9 Å². The van der Waals surface area contributed by atoms with Crippen molar-refractivity contribution in [3.8, 4) is 11.5 Å². The summed E-state index contributed by atoms with van der Waals surface area (Å²) in [6.07, 6.45) is 0. The van der Waals surface area contributed by atoms with Gasteiger partial charge in [0.2, 0.25) is 0 Å². The second-order valence-corrected chi connectivity index (χ2v) is 10.1. The number of rotatable bonds is 6. The molecule has 9 nitrogen and oxygen atoms in total. The van der Waals surface area contributed by atoms with Gasteiger partial charge in [-0.1, -0.05) is 53.2 Å². The zero-order valence-corrected chi connectivity index (χ0v) is 24.6. The molecule has 4 aromatic carbocycles. The van der Waals surface area contributed by atoms with E-state index >= 15 is 0 Å². The third-order valence-corrected chi connectivity index (χ3v) is 6.91. The number of methoxy groups -OCH3 is 1. The Morgan fingerprint density at radius 2 is 1.76 bits per heavy atom. The number of anilines is 1. The first-order chi connectivity index (χ1) is 17.5. The Balaban J connectivity index is 0.00000400. The SMILES string of the molecule is COc1cc(Cl)cc(NC(=O)c2cc3ccccc3c(N=Nc3cc(S(=O)(=O)O)c(Cl)cc3C)c2[O-])c1.[Na+]. The standard InChI is InChI=1S/C25H19Cl2N3O6S.Na/c1-13-7-20(27)22(37(33,34)35)12-21(13)29-30-23-18-6-4-3-5-14(18)8-19(24(23)31)25(32)28-16-9-15(26)10-17(11-16)36-2;/h3-12,31H,1-2H3,(H,28,32)(H,33,34,35);/q;+1/p-1. The average molecular weight is 582 g/mol. The Morgan fingerprint density at radius 1 is 1.05 bits per heavy atom. The Bertz CT molecular complexity index is 1700. The third kappa shape index (κ3) is 6.47. The summed E-state index contributed by atoms with van der Waals surface area (Å²) >= 11 is 12.0. The maximum Gasteiger partial charge on any atom is 1.00 e. The zero-order valence-electron chi connectivity index (χ0n) is 20.3. The Morgan fingerprint density at radius 3 is 2.45 bits per heavy atom. The molecule has 190 valence electrons. The monoisotopic (exact) mass is 581 g/mol. The van der Waals surface area contributed by atoms with Crippen molar-refractivity contribution in [1.82, 2.24) is 0 Å². The van der Waals surface area contributed by atoms with E-state index < -0.39 is 26.7 Å². The summed E-state index contributed by atoms with van der Waals surface area (Å²) in [4.78, 5) is 12.5. The Hall–Kier alpha value is -2.70. The molecular formula is C25H18Cl2N3NaO6S. The smallest absolute Gasteiger partial charge is 0.870 e. The number of carbonyl (C=O) groups excluding carboxylic acids is 1. The van der Waals surface area contributed by atoms with E-state index in [0.717, 1.165) is 6.07 Å². The molecule has 0 aliphatic rings. The number of azo groups is 1. The van der Waals surface area contributed by atoms with Gasteiger partial charge in [0.15, 0.2) is 0 Å². The van der Waals surface area contributed by atoms with Gasteiger partial charge in [0.1, 0.15) is 10.6 Å². The predicted octanol–water partition coefficient (Wildman–Crippen LogP) is 3.46. The van der Waals surface area contributed by atoms with Crippen molar-refractivity contribution in [2.75, 3.05) is 12.4 Å². The van der Waals surface area contributed by atoms with Gasteiger partial charge in [-0.2, -0.15) is 18.6 Å². The predicted molar refractivity (Wildman–Crippen MR) is 140 cm³/mol. The number of ether oxygens (including phenoxy) is 1. The van der Waals surface area contributed by atoms with Crippen molar-refractivity contribution >= 4 is 67.1 Å². The van der Waals surface area contributed by atoms with Crippen LogP contribution in [0.1, 0.15) is 15.9 Å². The first-order valence-electron chi connectivity index (χ1n) is 10.6. The minimum atomic E-state index is -4.62. The summed E-state index contributed by atoms with van der Waals surface area (Å²) in [5.41, 5.74) is 0.496. The van der Waals surface area contributed by atoms with Crippen LogP contribution >= 0.6 is 23.2 Å². The van der Waals surface area contributed by atoms with E-state index in [-0.39, 0.29) is 51.5 Å². The van der Waals surface area contributed by atoms with Crippen LogP contribution in [0.25, 0.3) is 10.8 Å². The molecule has 1 amide bonds. The molecule has 38 heavy (non-hydrogen) atoms. The molecule has 0 saturated heterocycles. The van der Waals surface area contributed by atoms with Crippen molar-refractivity contribution in [3.05, 3.63) is 81.8 Å². The van der Waals surface area contributed by atoms with E-state index in [4.69, 9.17) is 27.9 Å². The van der Waals surface area contributed by atoms with E-state index in [1.807, 2.05) is 0 Å². The van der Waals surface area contributed by atoms with Gasteiger partial charge in [-0.25, -0.2) is 0 Å². The molecule has 4 aromatic rings. The summed E-state index contributed by atoms with van der Waals surface area (Å²) in [6.45, 7) is 1.60. The molecule has 0 spiro atoms. The van der Waals surface area contributed by atoms with Crippen LogP contribution in [0.15, 0.2) is 75.8 Å². The number of hydrogen-bond donors (Lipinski definition) is 2. The second-order valence-electron chi connectivity index (χ2n) is 7.90. The minimum absolute atomic E-state index is 0. The molecule has 0 aliphatic heterocycles. The Kier molecular flexibility index (Phi) is 9.43. The Labute approximate surface area is 250 Å². The first-order valence-corrected chi connectivity index (χ1v) is 12.8. The largest absolute Gasteiger partial charge is 1.00 e. The molecule has 0 fully saturated rings. The van der Waals surface area contributed by atoms with Crippen LogP contribution in [0.5, 0.6) is 11.5 Å². The van der Waals surface area contributed by atoms with Gasteiger partial charge < -0.3 is 15.2 Å².